The van der Waals surface area contributed by atoms with Gasteiger partial charge in [-0.1, -0.05) is 0 Å². The fourth-order valence-corrected chi connectivity index (χ4v) is 3.42. The fraction of sp³-hybridized carbons (Fsp3) is 0.526. The fourth-order valence-electron chi connectivity index (χ4n) is 2.79. The molecule has 1 atom stereocenters. The zero-order valence-electron chi connectivity index (χ0n) is 17.1. The van der Waals surface area contributed by atoms with Crippen LogP contribution in [0.1, 0.15) is 11.3 Å². The van der Waals surface area contributed by atoms with Gasteiger partial charge in [-0.25, -0.2) is 0 Å². The first-order valence-electron chi connectivity index (χ1n) is 9.58. The summed E-state index contributed by atoms with van der Waals surface area (Å²) in [5.74, 6) is 1.16. The number of aromatic amines is 1. The van der Waals surface area contributed by atoms with Crippen LogP contribution in [-0.2, 0) is 9.63 Å². The van der Waals surface area contributed by atoms with Crippen LogP contribution in [0, 0.1) is 24.0 Å². The van der Waals surface area contributed by atoms with E-state index in [-0.39, 0.29) is 24.9 Å². The van der Waals surface area contributed by atoms with Crippen LogP contribution in [0.15, 0.2) is 18.2 Å². The van der Waals surface area contributed by atoms with E-state index in [0.29, 0.717) is 25.4 Å². The molecule has 0 bridgehead atoms. The van der Waals surface area contributed by atoms with Gasteiger partial charge < -0.3 is 30.3 Å². The molecule has 1 aromatic carbocycles. The van der Waals surface area contributed by atoms with Gasteiger partial charge in [0.2, 0.25) is 5.91 Å². The minimum atomic E-state index is -0.853. The normalized spacial score (nSPS) is 12.0. The van der Waals surface area contributed by atoms with E-state index >= 15 is 0 Å². The van der Waals surface area contributed by atoms with Crippen LogP contribution >= 0.6 is 11.8 Å². The first-order chi connectivity index (χ1) is 14.3. The number of fused-ring (bicyclic) bond motifs is 1. The van der Waals surface area contributed by atoms with Gasteiger partial charge in [0.25, 0.3) is 5.09 Å². The predicted molar refractivity (Wildman–Crippen MR) is 115 cm³/mol. The molecule has 2 aromatic rings. The van der Waals surface area contributed by atoms with E-state index in [1.165, 1.54) is 11.8 Å². The van der Waals surface area contributed by atoms with Crippen molar-refractivity contribution >= 4 is 28.6 Å². The lowest BCUT2D eigenvalue weighted by atomic mass is 10.1. The Morgan fingerprint density at radius 3 is 2.90 bits per heavy atom. The zero-order valence-corrected chi connectivity index (χ0v) is 17.9. The summed E-state index contributed by atoms with van der Waals surface area (Å²) in [6.45, 7) is 5.36. The summed E-state index contributed by atoms with van der Waals surface area (Å²) in [6, 6.07) is 6.03. The number of hydrogen-bond donors (Lipinski definition) is 4. The summed E-state index contributed by atoms with van der Waals surface area (Å²) in [7, 11) is 0. The first-order valence-corrected chi connectivity index (χ1v) is 10.7. The molecule has 166 valence electrons. The summed E-state index contributed by atoms with van der Waals surface area (Å²) in [6.07, 6.45) is -0.687. The van der Waals surface area contributed by atoms with Crippen LogP contribution in [0.2, 0.25) is 0 Å². The highest BCUT2D eigenvalue weighted by Gasteiger charge is 2.10. The molecular formula is C19H28N4O6S. The molecule has 0 saturated heterocycles. The van der Waals surface area contributed by atoms with Gasteiger partial charge in [0.05, 0.1) is 5.75 Å². The Labute approximate surface area is 178 Å². The Kier molecular flexibility index (Phi) is 9.71. The maximum Gasteiger partial charge on any atom is 0.294 e. The summed E-state index contributed by atoms with van der Waals surface area (Å²) in [5, 5.41) is 26.0. The second-order valence-electron chi connectivity index (χ2n) is 6.80. The number of aromatic nitrogens is 1. The number of carbonyl (C=O) groups excluding carboxylic acids is 1. The van der Waals surface area contributed by atoms with Gasteiger partial charge in [0, 0.05) is 42.0 Å². The molecule has 1 amide bonds. The number of nitrogens with zero attached hydrogens (tertiary/aromatic N) is 1. The van der Waals surface area contributed by atoms with Gasteiger partial charge in [-0.15, -0.1) is 10.1 Å². The lowest BCUT2D eigenvalue weighted by Gasteiger charge is -2.14. The van der Waals surface area contributed by atoms with Crippen molar-refractivity contribution in [3.05, 3.63) is 39.6 Å². The average Bonchev–Trinajstić information content (AvgIpc) is 3.05. The largest absolute Gasteiger partial charge is 0.490 e. The van der Waals surface area contributed by atoms with Crippen LogP contribution < -0.4 is 15.4 Å². The third-order valence-corrected chi connectivity index (χ3v) is 4.99. The van der Waals surface area contributed by atoms with Gasteiger partial charge in [-0.3, -0.25) is 4.79 Å². The molecule has 10 nitrogen and oxygen atoms in total. The zero-order chi connectivity index (χ0) is 21.9. The van der Waals surface area contributed by atoms with Crippen molar-refractivity contribution in [3.8, 4) is 5.75 Å². The van der Waals surface area contributed by atoms with Crippen molar-refractivity contribution in [1.82, 2.24) is 15.6 Å². The smallest absolute Gasteiger partial charge is 0.294 e. The number of aliphatic hydroxyl groups excluding tert-OH is 1. The molecule has 1 aromatic heterocycles. The molecule has 1 unspecified atom stereocenters. The molecule has 30 heavy (non-hydrogen) atoms. The highest BCUT2D eigenvalue weighted by atomic mass is 32.2. The quantitative estimate of drug-likeness (QED) is 0.195. The first kappa shape index (κ1) is 23.8. The van der Waals surface area contributed by atoms with Gasteiger partial charge >= 0.3 is 0 Å². The minimum Gasteiger partial charge on any atom is -0.490 e. The number of H-pyrrole nitrogens is 1. The molecule has 2 rings (SSSR count). The number of amides is 1. The Bertz CT molecular complexity index is 844. The van der Waals surface area contributed by atoms with Gasteiger partial charge in [0.15, 0.2) is 0 Å². The summed E-state index contributed by atoms with van der Waals surface area (Å²) >= 11 is 1.26. The average molecular weight is 441 g/mol. The Hall–Kier alpha value is -2.50. The Balaban J connectivity index is 1.57. The lowest BCUT2D eigenvalue weighted by Crippen LogP contribution is -2.37. The Morgan fingerprint density at radius 1 is 1.33 bits per heavy atom. The molecule has 0 saturated carbocycles. The number of aliphatic hydroxyl groups is 1. The molecular weight excluding hydrogens is 412 g/mol. The predicted octanol–water partition coefficient (Wildman–Crippen LogP) is 1.17. The molecule has 1 heterocycles. The summed E-state index contributed by atoms with van der Waals surface area (Å²) < 4.78 is 5.81. The number of aryl methyl sites for hydroxylation is 2. The molecule has 4 N–H and O–H groups in total. The topological polar surface area (TPSA) is 139 Å². The number of rotatable bonds is 14. The maximum absolute atomic E-state index is 11.6. The number of nitrogens with one attached hydrogen (secondary N) is 3. The molecule has 0 radical (unpaired) electrons. The third-order valence-electron chi connectivity index (χ3n) is 4.07. The maximum atomic E-state index is 11.6. The van der Waals surface area contributed by atoms with Gasteiger partial charge in [-0.05, 0) is 37.6 Å². The molecule has 0 aliphatic rings. The molecule has 0 fully saturated rings. The molecule has 0 spiro atoms. The van der Waals surface area contributed by atoms with E-state index in [1.54, 1.807) is 0 Å². The van der Waals surface area contributed by atoms with E-state index in [9.17, 15) is 20.0 Å². The van der Waals surface area contributed by atoms with E-state index in [2.05, 4.69) is 26.5 Å². The standard InChI is InChI=1S/C19H28N4O6S/c1-13-7-17-16(9-14(2)22-17)18(8-13)28-11-15(24)10-20-3-4-21-19(25)12-30-6-5-29-23(26)27/h7-9,15,20,22,24H,3-6,10-12H2,1-2H3,(H,21,25). The van der Waals surface area contributed by atoms with E-state index in [1.807, 2.05) is 26.0 Å². The minimum absolute atomic E-state index is 0.0375. The molecule has 0 aliphatic carbocycles. The SMILES string of the molecule is Cc1cc(OCC(O)CNCCNC(=O)CSCCO[N+](=O)[O-])c2cc(C)[nH]c2c1. The second kappa shape index (κ2) is 12.3. The van der Waals surface area contributed by atoms with E-state index < -0.39 is 11.2 Å². The number of ether oxygens (including phenoxy) is 1. The van der Waals surface area contributed by atoms with Crippen molar-refractivity contribution in [1.29, 1.82) is 0 Å². The molecule has 0 aliphatic heterocycles. The van der Waals surface area contributed by atoms with Crippen LogP contribution in [0.3, 0.4) is 0 Å². The number of benzene rings is 1. The van der Waals surface area contributed by atoms with E-state index in [4.69, 9.17) is 4.74 Å². The van der Waals surface area contributed by atoms with Gasteiger partial charge in [-0.2, -0.15) is 11.8 Å². The summed E-state index contributed by atoms with van der Waals surface area (Å²) in [5.41, 5.74) is 3.13. The number of hydrogen-bond acceptors (Lipinski definition) is 8. The van der Waals surface area contributed by atoms with Crippen LogP contribution in [-0.4, -0.2) is 71.5 Å². The van der Waals surface area contributed by atoms with Crippen LogP contribution in [0.4, 0.5) is 0 Å². The number of thioether (sulfide) groups is 1. The summed E-state index contributed by atoms with van der Waals surface area (Å²) in [4.78, 5) is 29.1. The lowest BCUT2D eigenvalue weighted by molar-refractivity contribution is -0.756. The van der Waals surface area contributed by atoms with Gasteiger partial charge in [0.1, 0.15) is 25.1 Å². The highest BCUT2D eigenvalue weighted by molar-refractivity contribution is 7.99. The highest BCUT2D eigenvalue weighted by Crippen LogP contribution is 2.28. The van der Waals surface area contributed by atoms with E-state index in [0.717, 1.165) is 27.9 Å². The van der Waals surface area contributed by atoms with Crippen molar-refractivity contribution in [3.63, 3.8) is 0 Å². The van der Waals surface area contributed by atoms with Crippen molar-refractivity contribution in [2.75, 3.05) is 44.4 Å². The van der Waals surface area contributed by atoms with Crippen molar-refractivity contribution in [2.45, 2.75) is 20.0 Å². The Morgan fingerprint density at radius 2 is 2.13 bits per heavy atom. The van der Waals surface area contributed by atoms with Crippen LogP contribution in [0.25, 0.3) is 10.9 Å². The van der Waals surface area contributed by atoms with Crippen molar-refractivity contribution in [2.24, 2.45) is 0 Å². The second-order valence-corrected chi connectivity index (χ2v) is 7.91. The monoisotopic (exact) mass is 440 g/mol. The van der Waals surface area contributed by atoms with Crippen molar-refractivity contribution < 1.29 is 24.6 Å². The third kappa shape index (κ3) is 8.47. The number of carbonyl (C=O) groups is 1. The molecule has 11 heteroatoms. The van der Waals surface area contributed by atoms with Crippen LogP contribution in [0.5, 0.6) is 5.75 Å².